The van der Waals surface area contributed by atoms with E-state index in [4.69, 9.17) is 9.47 Å². The molecule has 1 saturated heterocycles. The van der Waals surface area contributed by atoms with Crippen LogP contribution in [-0.2, 0) is 21.6 Å². The summed E-state index contributed by atoms with van der Waals surface area (Å²) in [5.74, 6) is -6.46. The number of hydrogen-bond acceptors (Lipinski definition) is 6. The number of nitrogens with one attached hydrogen (secondary N) is 1. The molecule has 2 aliphatic heterocycles. The lowest BCUT2D eigenvalue weighted by atomic mass is 10.1. The lowest BCUT2D eigenvalue weighted by Crippen LogP contribution is -2.40. The topological polar surface area (TPSA) is 107 Å². The summed E-state index contributed by atoms with van der Waals surface area (Å²) >= 11 is 0. The highest BCUT2D eigenvalue weighted by Crippen LogP contribution is 2.37. The Bertz CT molecular complexity index is 1240. The maximum absolute atomic E-state index is 13.6. The molecule has 13 heteroatoms. The number of carbonyl (C=O) groups is 2. The number of aromatic nitrogens is 1. The number of halogens is 3. The van der Waals surface area contributed by atoms with Crippen LogP contribution in [0.5, 0.6) is 5.75 Å². The van der Waals surface area contributed by atoms with Gasteiger partial charge in [-0.15, -0.1) is 0 Å². The van der Waals surface area contributed by atoms with Crippen molar-refractivity contribution in [2.45, 2.75) is 24.3 Å². The maximum Gasteiger partial charge on any atom is 0.410 e. The fraction of sp³-hybridized carbons (Fsp3) is 0.429. The molecule has 9 nitrogen and oxygen atoms in total. The van der Waals surface area contributed by atoms with Gasteiger partial charge in [0.15, 0.2) is 38.7 Å². The number of aryl methyl sites for hydroxylation is 1. The molecule has 184 valence electrons. The Morgan fingerprint density at radius 2 is 1.91 bits per heavy atom. The second-order valence-corrected chi connectivity index (χ2v) is 10.2. The lowest BCUT2D eigenvalue weighted by molar-refractivity contribution is 0.0897. The van der Waals surface area contributed by atoms with Crippen molar-refractivity contribution in [1.29, 1.82) is 0 Å². The number of carbonyl (C=O) groups excluding carboxylic acids is 2. The maximum atomic E-state index is 13.6. The van der Waals surface area contributed by atoms with E-state index < -0.39 is 45.3 Å². The van der Waals surface area contributed by atoms with Crippen LogP contribution >= 0.6 is 0 Å². The van der Waals surface area contributed by atoms with Crippen LogP contribution in [0.2, 0.25) is 0 Å². The van der Waals surface area contributed by atoms with Crippen LogP contribution < -0.4 is 10.1 Å². The molecule has 1 fully saturated rings. The zero-order chi connectivity index (χ0) is 24.8. The van der Waals surface area contributed by atoms with Crippen molar-refractivity contribution in [1.82, 2.24) is 9.47 Å². The van der Waals surface area contributed by atoms with Crippen LogP contribution in [0.3, 0.4) is 0 Å². The number of sulfone groups is 1. The van der Waals surface area contributed by atoms with Gasteiger partial charge in [0.05, 0.1) is 18.4 Å². The number of nitrogens with zero attached hydrogens (tertiary/aromatic N) is 2. The van der Waals surface area contributed by atoms with Gasteiger partial charge in [-0.05, 0) is 19.3 Å². The molecule has 1 N–H and O–H groups in total. The molecule has 1 aromatic heterocycles. The fourth-order valence-corrected chi connectivity index (χ4v) is 6.12. The first-order valence-electron chi connectivity index (χ1n) is 10.5. The molecule has 2 atom stereocenters. The van der Waals surface area contributed by atoms with Crippen molar-refractivity contribution < 1.29 is 40.7 Å². The van der Waals surface area contributed by atoms with E-state index in [1.54, 1.807) is 6.92 Å². The molecule has 1 aromatic carbocycles. The van der Waals surface area contributed by atoms with E-state index in [2.05, 4.69) is 5.32 Å². The number of ether oxygens (including phenoxy) is 2. The third-order valence-electron chi connectivity index (χ3n) is 5.77. The van der Waals surface area contributed by atoms with Gasteiger partial charge in [0.25, 0.3) is 5.91 Å². The van der Waals surface area contributed by atoms with Crippen LogP contribution in [0.25, 0.3) is 0 Å². The Morgan fingerprint density at radius 1 is 1.24 bits per heavy atom. The van der Waals surface area contributed by atoms with E-state index in [1.165, 1.54) is 22.7 Å². The van der Waals surface area contributed by atoms with Crippen LogP contribution in [0.4, 0.5) is 23.7 Å². The van der Waals surface area contributed by atoms with Gasteiger partial charge >= 0.3 is 6.09 Å². The van der Waals surface area contributed by atoms with Gasteiger partial charge < -0.3 is 24.3 Å². The Labute approximate surface area is 193 Å². The fourth-order valence-electron chi connectivity index (χ4n) is 4.32. The highest BCUT2D eigenvalue weighted by molar-refractivity contribution is 7.91. The second-order valence-electron chi connectivity index (χ2n) is 8.19. The average molecular weight is 501 g/mol. The number of hydrogen-bond donors (Lipinski definition) is 1. The molecule has 2 amide bonds. The number of fused-ring (bicyclic) bond motifs is 3. The average Bonchev–Trinajstić information content (AvgIpc) is 3.31. The van der Waals surface area contributed by atoms with Crippen molar-refractivity contribution in [3.8, 4) is 5.75 Å². The van der Waals surface area contributed by atoms with E-state index in [1.807, 2.05) is 0 Å². The van der Waals surface area contributed by atoms with E-state index in [-0.39, 0.29) is 53.5 Å². The van der Waals surface area contributed by atoms with Crippen molar-refractivity contribution in [2.75, 3.05) is 30.8 Å². The minimum Gasteiger partial charge on any atom is -0.488 e. The van der Waals surface area contributed by atoms with E-state index in [0.29, 0.717) is 18.6 Å². The monoisotopic (exact) mass is 501 g/mol. The molecular formula is C21H22F3N3O6S. The Balaban J connectivity index is 1.68. The van der Waals surface area contributed by atoms with Gasteiger partial charge in [-0.2, -0.15) is 0 Å². The van der Waals surface area contributed by atoms with Gasteiger partial charge in [-0.1, -0.05) is 0 Å². The highest BCUT2D eigenvalue weighted by Gasteiger charge is 2.42. The first-order valence-corrected chi connectivity index (χ1v) is 12.1. The van der Waals surface area contributed by atoms with Gasteiger partial charge in [0, 0.05) is 37.6 Å². The molecular weight excluding hydrogens is 479 g/mol. The second kappa shape index (κ2) is 8.85. The predicted octanol–water partition coefficient (Wildman–Crippen LogP) is 2.71. The molecule has 0 spiro atoms. The smallest absolute Gasteiger partial charge is 0.410 e. The van der Waals surface area contributed by atoms with Crippen LogP contribution in [0, 0.1) is 23.4 Å². The molecule has 0 unspecified atom stereocenters. The minimum atomic E-state index is -3.92. The zero-order valence-electron chi connectivity index (χ0n) is 18.3. The van der Waals surface area contributed by atoms with Crippen LogP contribution in [0.1, 0.15) is 23.8 Å². The number of likely N-dealkylation sites (tertiary alicyclic amines) is 1. The summed E-state index contributed by atoms with van der Waals surface area (Å²) in [4.78, 5) is 26.5. The molecule has 3 heterocycles. The lowest BCUT2D eigenvalue weighted by Gasteiger charge is -2.24. The normalized spacial score (nSPS) is 21.0. The standard InChI is InChI=1S/C21H22F3N3O6S/c1-3-32-21(29)27-7-11-4-13(27)9-33-19-16(34(30,31)10-11)8-26(2)18(19)20(28)25-12-5-14(22)17(24)15(23)6-12/h5-6,8,11,13H,3-4,7,9-10H2,1-2H3,(H,25,28)/t11-,13-/m1/s1. The van der Waals surface area contributed by atoms with Gasteiger partial charge in [0.2, 0.25) is 0 Å². The summed E-state index contributed by atoms with van der Waals surface area (Å²) in [5, 5.41) is 2.24. The summed E-state index contributed by atoms with van der Waals surface area (Å²) in [6.07, 6.45) is 1.03. The molecule has 0 aliphatic carbocycles. The largest absolute Gasteiger partial charge is 0.488 e. The van der Waals surface area contributed by atoms with Gasteiger partial charge in [0.1, 0.15) is 11.5 Å². The van der Waals surface area contributed by atoms with Gasteiger partial charge in [-0.25, -0.2) is 26.4 Å². The van der Waals surface area contributed by atoms with E-state index >= 15 is 0 Å². The number of amides is 2. The molecule has 0 radical (unpaired) electrons. The highest BCUT2D eigenvalue weighted by atomic mass is 32.2. The summed E-state index contributed by atoms with van der Waals surface area (Å²) in [6.45, 7) is 1.92. The predicted molar refractivity (Wildman–Crippen MR) is 113 cm³/mol. The van der Waals surface area contributed by atoms with Crippen molar-refractivity contribution in [3.63, 3.8) is 0 Å². The molecule has 2 aliphatic rings. The molecule has 0 saturated carbocycles. The van der Waals surface area contributed by atoms with Crippen LogP contribution in [0.15, 0.2) is 23.2 Å². The van der Waals surface area contributed by atoms with Crippen molar-refractivity contribution in [2.24, 2.45) is 13.0 Å². The third kappa shape index (κ3) is 4.31. The first kappa shape index (κ1) is 23.9. The summed E-state index contributed by atoms with van der Waals surface area (Å²) in [6, 6.07) is 0.727. The number of rotatable bonds is 3. The molecule has 2 aromatic rings. The first-order chi connectivity index (χ1) is 16.0. The summed E-state index contributed by atoms with van der Waals surface area (Å²) in [5.41, 5.74) is -0.584. The summed E-state index contributed by atoms with van der Waals surface area (Å²) < 4.78 is 78.7. The SMILES string of the molecule is CCOC(=O)N1C[C@H]2C[C@@H]1COc1c(cn(C)c1C(=O)Nc1cc(F)c(F)c(F)c1)S(=O)(=O)C2. The van der Waals surface area contributed by atoms with Crippen LogP contribution in [-0.4, -0.2) is 61.4 Å². The van der Waals surface area contributed by atoms with E-state index in [9.17, 15) is 31.2 Å². The Kier molecular flexibility index (Phi) is 6.23. The summed E-state index contributed by atoms with van der Waals surface area (Å²) in [7, 11) is -2.51. The quantitative estimate of drug-likeness (QED) is 0.649. The Morgan fingerprint density at radius 3 is 2.56 bits per heavy atom. The molecule has 2 bridgehead atoms. The zero-order valence-corrected chi connectivity index (χ0v) is 19.1. The molecule has 4 rings (SSSR count). The molecule has 34 heavy (non-hydrogen) atoms. The van der Waals surface area contributed by atoms with Gasteiger partial charge in [-0.3, -0.25) is 4.79 Å². The third-order valence-corrected chi connectivity index (χ3v) is 7.64. The van der Waals surface area contributed by atoms with Crippen molar-refractivity contribution >= 4 is 27.5 Å². The Hall–Kier alpha value is -3.22. The minimum absolute atomic E-state index is 0.0953. The number of anilines is 1. The number of benzene rings is 1. The van der Waals surface area contributed by atoms with E-state index in [0.717, 1.165) is 0 Å². The van der Waals surface area contributed by atoms with Crippen molar-refractivity contribution in [3.05, 3.63) is 41.5 Å².